The van der Waals surface area contributed by atoms with Crippen LogP contribution in [0.4, 0.5) is 0 Å². The maximum atomic E-state index is 12.2. The summed E-state index contributed by atoms with van der Waals surface area (Å²) in [5.41, 5.74) is -0.442. The van der Waals surface area contributed by atoms with Gasteiger partial charge in [0.25, 0.3) is 0 Å². The monoisotopic (exact) mass is 284 g/mol. The molecule has 5 heteroatoms. The summed E-state index contributed by atoms with van der Waals surface area (Å²) in [5.74, 6) is -1.42. The molecule has 0 aliphatic heterocycles. The number of carbonyl (C=O) groups is 2. The summed E-state index contributed by atoms with van der Waals surface area (Å²) in [7, 11) is 0. The number of amides is 1. The minimum absolute atomic E-state index is 0.234. The summed E-state index contributed by atoms with van der Waals surface area (Å²) in [6.07, 6.45) is 3.41. The number of ether oxygens (including phenoxy) is 1. The molecule has 0 aromatic carbocycles. The first-order valence-corrected chi connectivity index (χ1v) is 7.54. The molecule has 20 heavy (non-hydrogen) atoms. The molecule has 0 aromatic heterocycles. The highest BCUT2D eigenvalue weighted by atomic mass is 16.5. The van der Waals surface area contributed by atoms with Crippen LogP contribution in [0.25, 0.3) is 0 Å². The zero-order chi connectivity index (χ0) is 15.2. The summed E-state index contributed by atoms with van der Waals surface area (Å²) in [5, 5.41) is 6.23. The Morgan fingerprint density at radius 2 is 1.90 bits per heavy atom. The number of nitrogens with one attached hydrogen (secondary N) is 2. The van der Waals surface area contributed by atoms with E-state index in [4.69, 9.17) is 4.74 Å². The van der Waals surface area contributed by atoms with Crippen LogP contribution in [-0.2, 0) is 14.3 Å². The second kappa shape index (κ2) is 7.62. The lowest BCUT2D eigenvalue weighted by Crippen LogP contribution is -2.44. The van der Waals surface area contributed by atoms with E-state index in [1.807, 2.05) is 20.8 Å². The summed E-state index contributed by atoms with van der Waals surface area (Å²) >= 11 is 0. The highest BCUT2D eigenvalue weighted by Gasteiger charge is 2.38. The summed E-state index contributed by atoms with van der Waals surface area (Å²) in [6, 6.07) is 0.688. The van der Waals surface area contributed by atoms with Gasteiger partial charge in [0.2, 0.25) is 5.91 Å². The SMILES string of the molecule is CCOC(=O)C(C(=O)NCCCNC1CC1)C(C)(C)C. The third kappa shape index (κ3) is 5.90. The van der Waals surface area contributed by atoms with E-state index < -0.39 is 17.3 Å². The highest BCUT2D eigenvalue weighted by Crippen LogP contribution is 2.27. The molecular formula is C15H28N2O3. The molecule has 1 rings (SSSR count). The second-order valence-corrected chi connectivity index (χ2v) is 6.42. The molecule has 1 aliphatic rings. The van der Waals surface area contributed by atoms with E-state index in [2.05, 4.69) is 10.6 Å². The van der Waals surface area contributed by atoms with Gasteiger partial charge >= 0.3 is 5.97 Å². The first kappa shape index (κ1) is 17.0. The van der Waals surface area contributed by atoms with Gasteiger partial charge in [0, 0.05) is 12.6 Å². The van der Waals surface area contributed by atoms with Gasteiger partial charge in [0.05, 0.1) is 6.61 Å². The Morgan fingerprint density at radius 1 is 1.25 bits per heavy atom. The third-order valence-corrected chi connectivity index (χ3v) is 3.31. The van der Waals surface area contributed by atoms with Crippen LogP contribution in [0.1, 0.15) is 47.0 Å². The Kier molecular flexibility index (Phi) is 6.46. The fourth-order valence-corrected chi connectivity index (χ4v) is 2.08. The largest absolute Gasteiger partial charge is 0.465 e. The van der Waals surface area contributed by atoms with E-state index in [1.54, 1.807) is 6.92 Å². The predicted octanol–water partition coefficient (Wildman–Crippen LogP) is 1.47. The smallest absolute Gasteiger partial charge is 0.319 e. The van der Waals surface area contributed by atoms with E-state index >= 15 is 0 Å². The maximum Gasteiger partial charge on any atom is 0.319 e. The molecule has 1 fully saturated rings. The van der Waals surface area contributed by atoms with Crippen molar-refractivity contribution in [2.24, 2.45) is 11.3 Å². The third-order valence-electron chi connectivity index (χ3n) is 3.31. The quantitative estimate of drug-likeness (QED) is 0.402. The number of hydrogen-bond donors (Lipinski definition) is 2. The van der Waals surface area contributed by atoms with Crippen LogP contribution < -0.4 is 10.6 Å². The second-order valence-electron chi connectivity index (χ2n) is 6.42. The van der Waals surface area contributed by atoms with Crippen molar-refractivity contribution in [1.82, 2.24) is 10.6 Å². The van der Waals surface area contributed by atoms with Gasteiger partial charge < -0.3 is 15.4 Å². The molecule has 1 aliphatic carbocycles. The van der Waals surface area contributed by atoms with Crippen LogP contribution in [0.5, 0.6) is 0 Å². The zero-order valence-corrected chi connectivity index (χ0v) is 13.1. The molecule has 2 N–H and O–H groups in total. The average Bonchev–Trinajstić information content (AvgIpc) is 3.11. The Morgan fingerprint density at radius 3 is 2.40 bits per heavy atom. The van der Waals surface area contributed by atoms with Crippen LogP contribution in [0.2, 0.25) is 0 Å². The number of hydrogen-bond acceptors (Lipinski definition) is 4. The summed E-state index contributed by atoms with van der Waals surface area (Å²) in [4.78, 5) is 24.1. The Hall–Kier alpha value is -1.10. The summed E-state index contributed by atoms with van der Waals surface area (Å²) < 4.78 is 5.01. The van der Waals surface area contributed by atoms with Gasteiger partial charge in [-0.15, -0.1) is 0 Å². The molecule has 0 aromatic rings. The van der Waals surface area contributed by atoms with Crippen molar-refractivity contribution in [2.75, 3.05) is 19.7 Å². The fraction of sp³-hybridized carbons (Fsp3) is 0.867. The first-order valence-electron chi connectivity index (χ1n) is 7.54. The van der Waals surface area contributed by atoms with E-state index in [9.17, 15) is 9.59 Å². The lowest BCUT2D eigenvalue weighted by molar-refractivity contribution is -0.156. The van der Waals surface area contributed by atoms with Gasteiger partial charge in [0.15, 0.2) is 0 Å². The molecule has 1 amide bonds. The van der Waals surface area contributed by atoms with E-state index in [0.29, 0.717) is 19.2 Å². The van der Waals surface area contributed by atoms with Crippen molar-refractivity contribution in [3.8, 4) is 0 Å². The van der Waals surface area contributed by atoms with E-state index in [-0.39, 0.29) is 5.91 Å². The number of rotatable bonds is 8. The molecule has 116 valence electrons. The summed E-state index contributed by atoms with van der Waals surface area (Å²) in [6.45, 7) is 9.17. The number of esters is 1. The van der Waals surface area contributed by atoms with Crippen molar-refractivity contribution in [3.63, 3.8) is 0 Å². The molecule has 0 bridgehead atoms. The first-order chi connectivity index (χ1) is 9.36. The minimum atomic E-state index is -0.751. The Balaban J connectivity index is 2.35. The zero-order valence-electron chi connectivity index (χ0n) is 13.1. The maximum absolute atomic E-state index is 12.2. The lowest BCUT2D eigenvalue weighted by Gasteiger charge is -2.27. The van der Waals surface area contributed by atoms with E-state index in [0.717, 1.165) is 13.0 Å². The van der Waals surface area contributed by atoms with Crippen LogP contribution >= 0.6 is 0 Å². The Labute approximate surface area is 121 Å². The molecule has 0 spiro atoms. The van der Waals surface area contributed by atoms with Gasteiger partial charge in [-0.1, -0.05) is 20.8 Å². The molecule has 0 saturated heterocycles. The molecule has 1 atom stereocenters. The predicted molar refractivity (Wildman–Crippen MR) is 78.2 cm³/mol. The molecule has 5 nitrogen and oxygen atoms in total. The van der Waals surface area contributed by atoms with Crippen molar-refractivity contribution in [3.05, 3.63) is 0 Å². The highest BCUT2D eigenvalue weighted by molar-refractivity contribution is 5.98. The standard InChI is InChI=1S/C15H28N2O3/c1-5-20-14(19)12(15(2,3)4)13(18)17-10-6-9-16-11-7-8-11/h11-12,16H,5-10H2,1-4H3,(H,17,18). The van der Waals surface area contributed by atoms with Gasteiger partial charge in [-0.25, -0.2) is 0 Å². The van der Waals surface area contributed by atoms with Crippen molar-refractivity contribution < 1.29 is 14.3 Å². The molecule has 0 heterocycles. The minimum Gasteiger partial charge on any atom is -0.465 e. The fourth-order valence-electron chi connectivity index (χ4n) is 2.08. The van der Waals surface area contributed by atoms with Gasteiger partial charge in [-0.2, -0.15) is 0 Å². The van der Waals surface area contributed by atoms with Crippen LogP contribution in [0.15, 0.2) is 0 Å². The van der Waals surface area contributed by atoms with Gasteiger partial charge in [-0.3, -0.25) is 9.59 Å². The van der Waals surface area contributed by atoms with Crippen molar-refractivity contribution in [2.45, 2.75) is 53.0 Å². The topological polar surface area (TPSA) is 67.4 Å². The van der Waals surface area contributed by atoms with Crippen LogP contribution in [0, 0.1) is 11.3 Å². The van der Waals surface area contributed by atoms with Crippen molar-refractivity contribution in [1.29, 1.82) is 0 Å². The molecule has 1 unspecified atom stereocenters. The number of carbonyl (C=O) groups excluding carboxylic acids is 2. The van der Waals surface area contributed by atoms with Gasteiger partial charge in [0.1, 0.15) is 5.92 Å². The molecule has 0 radical (unpaired) electrons. The lowest BCUT2D eigenvalue weighted by atomic mass is 9.80. The van der Waals surface area contributed by atoms with E-state index in [1.165, 1.54) is 12.8 Å². The molecular weight excluding hydrogens is 256 g/mol. The van der Waals surface area contributed by atoms with Crippen LogP contribution in [-0.4, -0.2) is 37.6 Å². The Bertz CT molecular complexity index is 333. The average molecular weight is 284 g/mol. The van der Waals surface area contributed by atoms with Crippen molar-refractivity contribution >= 4 is 11.9 Å². The van der Waals surface area contributed by atoms with Crippen LogP contribution in [0.3, 0.4) is 0 Å². The van der Waals surface area contributed by atoms with Gasteiger partial charge in [-0.05, 0) is 38.1 Å². The molecule has 1 saturated carbocycles. The normalized spacial score (nSPS) is 16.6.